The molecule has 0 radical (unpaired) electrons. The van der Waals surface area contributed by atoms with Crippen LogP contribution in [0.15, 0.2) is 24.3 Å². The molecule has 2 unspecified atom stereocenters. The number of hydrogen-bond acceptors (Lipinski definition) is 2. The van der Waals surface area contributed by atoms with Gasteiger partial charge in [0.2, 0.25) is 0 Å². The molecule has 1 aliphatic rings. The molecule has 0 aromatic heterocycles. The molecule has 4 heteroatoms. The molecule has 1 saturated heterocycles. The van der Waals surface area contributed by atoms with E-state index in [0.717, 1.165) is 11.1 Å². The number of rotatable bonds is 1. The van der Waals surface area contributed by atoms with Gasteiger partial charge in [-0.1, -0.05) is 24.3 Å². The van der Waals surface area contributed by atoms with Crippen LogP contribution in [0.3, 0.4) is 0 Å². The van der Waals surface area contributed by atoms with Crippen molar-refractivity contribution in [2.75, 3.05) is 13.1 Å². The van der Waals surface area contributed by atoms with Crippen molar-refractivity contribution in [1.82, 2.24) is 4.90 Å². The molecule has 1 aromatic carbocycles. The van der Waals surface area contributed by atoms with Crippen LogP contribution < -0.4 is 0 Å². The van der Waals surface area contributed by atoms with Crippen LogP contribution in [0.2, 0.25) is 0 Å². The van der Waals surface area contributed by atoms with Gasteiger partial charge in [-0.05, 0) is 24.5 Å². The van der Waals surface area contributed by atoms with E-state index in [0.29, 0.717) is 13.0 Å². The van der Waals surface area contributed by atoms with Gasteiger partial charge < -0.3 is 15.1 Å². The molecule has 2 atom stereocenters. The minimum Gasteiger partial charge on any atom is -0.465 e. The molecule has 1 heterocycles. The Hall–Kier alpha value is -1.55. The molecule has 1 aliphatic heterocycles. The van der Waals surface area contributed by atoms with Gasteiger partial charge >= 0.3 is 6.09 Å². The SMILES string of the molecule is Cc1ccccc1C1CCN(C(=O)O)CC1O. The van der Waals surface area contributed by atoms with Gasteiger partial charge in [-0.3, -0.25) is 0 Å². The first kappa shape index (κ1) is 11.9. The number of carboxylic acid groups (broad SMARTS) is 1. The van der Waals surface area contributed by atoms with Gasteiger partial charge in [0, 0.05) is 12.5 Å². The van der Waals surface area contributed by atoms with Gasteiger partial charge in [0.25, 0.3) is 0 Å². The molecule has 0 aliphatic carbocycles. The third-order valence-electron chi connectivity index (χ3n) is 3.44. The number of aliphatic hydroxyl groups is 1. The maximum atomic E-state index is 10.8. The lowest BCUT2D eigenvalue weighted by molar-refractivity contribution is 0.0502. The highest BCUT2D eigenvalue weighted by atomic mass is 16.4. The number of aliphatic hydroxyl groups excluding tert-OH is 1. The maximum Gasteiger partial charge on any atom is 0.407 e. The molecule has 2 rings (SSSR count). The summed E-state index contributed by atoms with van der Waals surface area (Å²) in [5.41, 5.74) is 2.28. The number of amides is 1. The third-order valence-corrected chi connectivity index (χ3v) is 3.44. The third kappa shape index (κ3) is 2.42. The van der Waals surface area contributed by atoms with E-state index < -0.39 is 12.2 Å². The Kier molecular flexibility index (Phi) is 3.33. The average molecular weight is 235 g/mol. The molecule has 1 aromatic rings. The van der Waals surface area contributed by atoms with Crippen LogP contribution in [0.1, 0.15) is 23.5 Å². The highest BCUT2D eigenvalue weighted by molar-refractivity contribution is 5.65. The van der Waals surface area contributed by atoms with Crippen molar-refractivity contribution in [1.29, 1.82) is 0 Å². The second-order valence-corrected chi connectivity index (χ2v) is 4.55. The number of hydrogen-bond donors (Lipinski definition) is 2. The van der Waals surface area contributed by atoms with Crippen molar-refractivity contribution in [2.24, 2.45) is 0 Å². The van der Waals surface area contributed by atoms with Crippen LogP contribution in [-0.4, -0.2) is 40.4 Å². The number of nitrogens with zero attached hydrogens (tertiary/aromatic N) is 1. The fourth-order valence-corrected chi connectivity index (χ4v) is 2.47. The molecule has 1 fully saturated rings. The van der Waals surface area contributed by atoms with Gasteiger partial charge in [-0.25, -0.2) is 4.79 Å². The van der Waals surface area contributed by atoms with Crippen molar-refractivity contribution in [3.05, 3.63) is 35.4 Å². The normalized spacial score (nSPS) is 24.7. The standard InChI is InChI=1S/C13H17NO3/c1-9-4-2-3-5-10(9)11-6-7-14(13(16)17)8-12(11)15/h2-5,11-12,15H,6-8H2,1H3,(H,16,17). The van der Waals surface area contributed by atoms with E-state index in [1.54, 1.807) is 0 Å². The summed E-state index contributed by atoms with van der Waals surface area (Å²) in [5, 5.41) is 18.9. The number of β-amino-alcohol motifs (C(OH)–C–C–N with tert-alkyl or cyclic N) is 1. The Balaban J connectivity index is 2.15. The summed E-state index contributed by atoms with van der Waals surface area (Å²) < 4.78 is 0. The molecule has 4 nitrogen and oxygen atoms in total. The summed E-state index contributed by atoms with van der Waals surface area (Å²) in [6.45, 7) is 2.71. The Labute approximate surface area is 100 Å². The highest BCUT2D eigenvalue weighted by Gasteiger charge is 2.31. The van der Waals surface area contributed by atoms with E-state index in [4.69, 9.17) is 5.11 Å². The van der Waals surface area contributed by atoms with E-state index in [1.807, 2.05) is 31.2 Å². The Morgan fingerprint density at radius 3 is 2.71 bits per heavy atom. The van der Waals surface area contributed by atoms with Gasteiger partial charge in [-0.2, -0.15) is 0 Å². The zero-order valence-electron chi connectivity index (χ0n) is 9.84. The van der Waals surface area contributed by atoms with Crippen LogP contribution >= 0.6 is 0 Å². The van der Waals surface area contributed by atoms with Crippen LogP contribution in [0.5, 0.6) is 0 Å². The Morgan fingerprint density at radius 2 is 2.12 bits per heavy atom. The van der Waals surface area contributed by atoms with E-state index in [9.17, 15) is 9.90 Å². The van der Waals surface area contributed by atoms with Crippen molar-refractivity contribution in [3.8, 4) is 0 Å². The summed E-state index contributed by atoms with van der Waals surface area (Å²) in [6.07, 6.45) is -0.883. The predicted octanol–water partition coefficient (Wildman–Crippen LogP) is 1.82. The smallest absolute Gasteiger partial charge is 0.407 e. The predicted molar refractivity (Wildman–Crippen MR) is 64.1 cm³/mol. The van der Waals surface area contributed by atoms with Crippen molar-refractivity contribution in [3.63, 3.8) is 0 Å². The molecule has 0 bridgehead atoms. The number of likely N-dealkylation sites (tertiary alicyclic amines) is 1. The van der Waals surface area contributed by atoms with Gasteiger partial charge in [0.15, 0.2) is 0 Å². The first-order valence-electron chi connectivity index (χ1n) is 5.81. The monoisotopic (exact) mass is 235 g/mol. The zero-order valence-corrected chi connectivity index (χ0v) is 9.84. The first-order valence-corrected chi connectivity index (χ1v) is 5.81. The van der Waals surface area contributed by atoms with Gasteiger partial charge in [0.05, 0.1) is 12.6 Å². The molecule has 92 valence electrons. The molecule has 17 heavy (non-hydrogen) atoms. The lowest BCUT2D eigenvalue weighted by Crippen LogP contribution is -2.45. The summed E-state index contributed by atoms with van der Waals surface area (Å²) in [7, 11) is 0. The van der Waals surface area contributed by atoms with Crippen LogP contribution in [-0.2, 0) is 0 Å². The van der Waals surface area contributed by atoms with E-state index in [-0.39, 0.29) is 12.5 Å². The topological polar surface area (TPSA) is 60.8 Å². The lowest BCUT2D eigenvalue weighted by Gasteiger charge is -2.35. The minimum absolute atomic E-state index is 0.0480. The number of aryl methyl sites for hydroxylation is 1. The summed E-state index contributed by atoms with van der Waals surface area (Å²) in [5.74, 6) is 0.0480. The highest BCUT2D eigenvalue weighted by Crippen LogP contribution is 2.30. The second-order valence-electron chi connectivity index (χ2n) is 4.55. The van der Waals surface area contributed by atoms with Crippen LogP contribution in [0.4, 0.5) is 4.79 Å². The number of benzene rings is 1. The largest absolute Gasteiger partial charge is 0.465 e. The Morgan fingerprint density at radius 1 is 1.41 bits per heavy atom. The van der Waals surface area contributed by atoms with E-state index in [1.165, 1.54) is 4.90 Å². The van der Waals surface area contributed by atoms with Crippen molar-refractivity contribution >= 4 is 6.09 Å². The summed E-state index contributed by atoms with van der Waals surface area (Å²) in [6, 6.07) is 7.96. The molecule has 0 spiro atoms. The fourth-order valence-electron chi connectivity index (χ4n) is 2.47. The number of carbonyl (C=O) groups is 1. The maximum absolute atomic E-state index is 10.8. The number of piperidine rings is 1. The van der Waals surface area contributed by atoms with E-state index >= 15 is 0 Å². The molecular formula is C13H17NO3. The van der Waals surface area contributed by atoms with Crippen molar-refractivity contribution in [2.45, 2.75) is 25.4 Å². The Bertz CT molecular complexity index is 419. The summed E-state index contributed by atoms with van der Waals surface area (Å²) >= 11 is 0. The second kappa shape index (κ2) is 4.75. The van der Waals surface area contributed by atoms with Crippen LogP contribution in [0.25, 0.3) is 0 Å². The summed E-state index contributed by atoms with van der Waals surface area (Å²) in [4.78, 5) is 12.1. The molecular weight excluding hydrogens is 218 g/mol. The molecule has 1 amide bonds. The van der Waals surface area contributed by atoms with Crippen molar-refractivity contribution < 1.29 is 15.0 Å². The lowest BCUT2D eigenvalue weighted by atomic mass is 9.85. The van der Waals surface area contributed by atoms with Gasteiger partial charge in [0.1, 0.15) is 0 Å². The van der Waals surface area contributed by atoms with Crippen LogP contribution in [0, 0.1) is 6.92 Å². The fraction of sp³-hybridized carbons (Fsp3) is 0.462. The van der Waals surface area contributed by atoms with Gasteiger partial charge in [-0.15, -0.1) is 0 Å². The average Bonchev–Trinajstić information content (AvgIpc) is 2.30. The van der Waals surface area contributed by atoms with E-state index in [2.05, 4.69) is 0 Å². The molecule has 0 saturated carbocycles. The zero-order chi connectivity index (χ0) is 12.4. The minimum atomic E-state index is -0.952. The molecule has 2 N–H and O–H groups in total. The quantitative estimate of drug-likeness (QED) is 0.780. The first-order chi connectivity index (χ1) is 8.09.